The number of rotatable bonds is 48. The summed E-state index contributed by atoms with van der Waals surface area (Å²) in [6.45, 7) is 6.45. The lowest BCUT2D eigenvalue weighted by atomic mass is 10.1. The van der Waals surface area contributed by atoms with E-state index in [1.165, 1.54) is 96.3 Å². The van der Waals surface area contributed by atoms with Crippen LogP contribution < -0.4 is 0 Å². The Morgan fingerprint density at radius 2 is 0.615 bits per heavy atom. The summed E-state index contributed by atoms with van der Waals surface area (Å²) >= 11 is 0. The van der Waals surface area contributed by atoms with Crippen LogP contribution in [0.1, 0.15) is 252 Å². The average molecular weight is 905 g/mol. The smallest absolute Gasteiger partial charge is 0.306 e. The third-order valence-electron chi connectivity index (χ3n) is 11.4. The highest BCUT2D eigenvalue weighted by Gasteiger charge is 2.19. The summed E-state index contributed by atoms with van der Waals surface area (Å²) in [6, 6.07) is 0. The Bertz CT molecular complexity index is 1270. The number of ether oxygens (including phenoxy) is 3. The van der Waals surface area contributed by atoms with Crippen molar-refractivity contribution in [2.45, 2.75) is 258 Å². The van der Waals surface area contributed by atoms with E-state index in [4.69, 9.17) is 14.2 Å². The summed E-state index contributed by atoms with van der Waals surface area (Å²) in [5.41, 5.74) is 0. The molecule has 65 heavy (non-hydrogen) atoms. The van der Waals surface area contributed by atoms with Gasteiger partial charge in [0.1, 0.15) is 13.2 Å². The van der Waals surface area contributed by atoms with Gasteiger partial charge in [0, 0.05) is 19.3 Å². The lowest BCUT2D eigenvalue weighted by Crippen LogP contribution is -2.30. The molecule has 372 valence electrons. The van der Waals surface area contributed by atoms with Crippen molar-refractivity contribution in [1.82, 2.24) is 0 Å². The van der Waals surface area contributed by atoms with Gasteiger partial charge in [0.05, 0.1) is 0 Å². The number of carbonyl (C=O) groups excluding carboxylic acids is 3. The van der Waals surface area contributed by atoms with E-state index in [-0.39, 0.29) is 37.5 Å². The highest BCUT2D eigenvalue weighted by Crippen LogP contribution is 2.13. The Balaban J connectivity index is 4.50. The molecule has 0 N–H and O–H groups in total. The Hall–Kier alpha value is -3.41. The van der Waals surface area contributed by atoms with Crippen LogP contribution in [-0.2, 0) is 28.6 Å². The second-order valence-corrected chi connectivity index (χ2v) is 17.7. The Kier molecular flexibility index (Phi) is 50.4. The molecule has 0 fully saturated rings. The minimum absolute atomic E-state index is 0.104. The molecule has 0 rings (SSSR count). The Morgan fingerprint density at radius 3 is 1.02 bits per heavy atom. The molecule has 0 aliphatic rings. The maximum Gasteiger partial charge on any atom is 0.306 e. The SMILES string of the molecule is CC/C=C\C/C=C\C/C=C\CCCCCCCC(=O)O[C@H](COC(=O)CCC/C=C\C/C=C\C/C=C\CCCCCCCC)COC(=O)CCCCCCC/C=C\CCCCCCCC. The molecule has 0 unspecified atom stereocenters. The highest BCUT2D eigenvalue weighted by atomic mass is 16.6. The molecule has 0 aliphatic heterocycles. The van der Waals surface area contributed by atoms with Crippen molar-refractivity contribution in [3.05, 3.63) is 85.1 Å². The van der Waals surface area contributed by atoms with E-state index in [2.05, 4.69) is 106 Å². The van der Waals surface area contributed by atoms with Crippen molar-refractivity contribution in [2.24, 2.45) is 0 Å². The van der Waals surface area contributed by atoms with Crippen molar-refractivity contribution in [1.29, 1.82) is 0 Å². The van der Waals surface area contributed by atoms with Gasteiger partial charge in [-0.3, -0.25) is 14.4 Å². The fourth-order valence-corrected chi connectivity index (χ4v) is 7.29. The van der Waals surface area contributed by atoms with Gasteiger partial charge in [0.15, 0.2) is 6.10 Å². The van der Waals surface area contributed by atoms with E-state index in [1.807, 2.05) is 0 Å². The first-order valence-corrected chi connectivity index (χ1v) is 27.1. The molecule has 0 radical (unpaired) electrons. The summed E-state index contributed by atoms with van der Waals surface area (Å²) in [6.07, 6.45) is 68.6. The van der Waals surface area contributed by atoms with Gasteiger partial charge in [-0.15, -0.1) is 0 Å². The molecule has 6 heteroatoms. The summed E-state index contributed by atoms with van der Waals surface area (Å²) < 4.78 is 16.8. The molecular formula is C59H100O6. The molecule has 0 aliphatic carbocycles. The number of esters is 3. The first-order chi connectivity index (χ1) is 32.0. The molecule has 0 aromatic carbocycles. The van der Waals surface area contributed by atoms with E-state index >= 15 is 0 Å². The predicted octanol–water partition coefficient (Wildman–Crippen LogP) is 18.0. The largest absolute Gasteiger partial charge is 0.462 e. The topological polar surface area (TPSA) is 78.9 Å². The standard InChI is InChI=1S/C59H100O6/c1-4-7-10-13-16-19-22-25-28-29-32-34-37-40-43-46-49-52-58(61)64-55-56(65-59(62)53-50-47-44-41-38-35-31-27-24-21-18-15-12-9-6-3)54-63-57(60)51-48-45-42-39-36-33-30-26-23-20-17-14-11-8-5-2/h9,12,18,21,25-28,30-32,34,40,43,56H,4-8,10-11,13-17,19-20,22-24,29,33,35-39,41-42,44-55H2,1-3H3/b12-9-,21-18-,28-25-,30-26-,31-27-,34-32-,43-40-/t56-/m0/s1. The van der Waals surface area contributed by atoms with Gasteiger partial charge in [0.25, 0.3) is 0 Å². The van der Waals surface area contributed by atoms with Gasteiger partial charge < -0.3 is 14.2 Å². The average Bonchev–Trinajstić information content (AvgIpc) is 3.30. The second-order valence-electron chi connectivity index (χ2n) is 17.7. The monoisotopic (exact) mass is 905 g/mol. The number of hydrogen-bond donors (Lipinski definition) is 0. The number of unbranched alkanes of at least 4 members (excludes halogenated alkanes) is 23. The van der Waals surface area contributed by atoms with Crippen LogP contribution in [0.15, 0.2) is 85.1 Å². The molecule has 0 aromatic heterocycles. The summed E-state index contributed by atoms with van der Waals surface area (Å²) in [4.78, 5) is 38.0. The van der Waals surface area contributed by atoms with Gasteiger partial charge in [-0.1, -0.05) is 209 Å². The van der Waals surface area contributed by atoms with Crippen LogP contribution in [0, 0.1) is 0 Å². The summed E-state index contributed by atoms with van der Waals surface area (Å²) in [5.74, 6) is -0.982. The maximum atomic E-state index is 12.8. The zero-order chi connectivity index (χ0) is 47.2. The van der Waals surface area contributed by atoms with Gasteiger partial charge in [0.2, 0.25) is 0 Å². The summed E-state index contributed by atoms with van der Waals surface area (Å²) in [5, 5.41) is 0. The summed E-state index contributed by atoms with van der Waals surface area (Å²) in [7, 11) is 0. The zero-order valence-corrected chi connectivity index (χ0v) is 42.5. The van der Waals surface area contributed by atoms with Crippen molar-refractivity contribution in [2.75, 3.05) is 13.2 Å². The van der Waals surface area contributed by atoms with Gasteiger partial charge in [-0.25, -0.2) is 0 Å². The van der Waals surface area contributed by atoms with Gasteiger partial charge in [-0.2, -0.15) is 0 Å². The van der Waals surface area contributed by atoms with Crippen molar-refractivity contribution < 1.29 is 28.6 Å². The Labute approximate surface area is 401 Å². The van der Waals surface area contributed by atoms with E-state index in [9.17, 15) is 14.4 Å². The second kappa shape index (κ2) is 53.2. The van der Waals surface area contributed by atoms with Gasteiger partial charge in [-0.05, 0) is 109 Å². The van der Waals surface area contributed by atoms with E-state index < -0.39 is 6.10 Å². The normalized spacial score (nSPS) is 12.7. The number of allylic oxidation sites excluding steroid dienone is 14. The van der Waals surface area contributed by atoms with E-state index in [0.717, 1.165) is 109 Å². The van der Waals surface area contributed by atoms with Crippen LogP contribution in [0.25, 0.3) is 0 Å². The molecular weight excluding hydrogens is 805 g/mol. The highest BCUT2D eigenvalue weighted by molar-refractivity contribution is 5.71. The molecule has 0 saturated heterocycles. The molecule has 1 atom stereocenters. The molecule has 0 aromatic rings. The van der Waals surface area contributed by atoms with Crippen molar-refractivity contribution in [3.8, 4) is 0 Å². The number of carbonyl (C=O) groups is 3. The third-order valence-corrected chi connectivity index (χ3v) is 11.4. The van der Waals surface area contributed by atoms with Crippen LogP contribution in [0.5, 0.6) is 0 Å². The first-order valence-electron chi connectivity index (χ1n) is 27.1. The molecule has 0 bridgehead atoms. The lowest BCUT2D eigenvalue weighted by Gasteiger charge is -2.18. The van der Waals surface area contributed by atoms with Crippen LogP contribution >= 0.6 is 0 Å². The van der Waals surface area contributed by atoms with E-state index in [0.29, 0.717) is 19.3 Å². The van der Waals surface area contributed by atoms with Crippen molar-refractivity contribution >= 4 is 17.9 Å². The van der Waals surface area contributed by atoms with E-state index in [1.54, 1.807) is 0 Å². The van der Waals surface area contributed by atoms with Crippen molar-refractivity contribution in [3.63, 3.8) is 0 Å². The third kappa shape index (κ3) is 51.4. The van der Waals surface area contributed by atoms with Gasteiger partial charge >= 0.3 is 17.9 Å². The minimum Gasteiger partial charge on any atom is -0.462 e. The Morgan fingerprint density at radius 1 is 0.323 bits per heavy atom. The lowest BCUT2D eigenvalue weighted by molar-refractivity contribution is -0.167. The molecule has 0 spiro atoms. The molecule has 0 saturated carbocycles. The molecule has 0 heterocycles. The fraction of sp³-hybridized carbons (Fsp3) is 0.712. The fourth-order valence-electron chi connectivity index (χ4n) is 7.29. The van der Waals surface area contributed by atoms with Crippen LogP contribution in [-0.4, -0.2) is 37.2 Å². The van der Waals surface area contributed by atoms with Crippen LogP contribution in [0.3, 0.4) is 0 Å². The number of hydrogen-bond acceptors (Lipinski definition) is 6. The predicted molar refractivity (Wildman–Crippen MR) is 279 cm³/mol. The van der Waals surface area contributed by atoms with Crippen LogP contribution in [0.4, 0.5) is 0 Å². The first kappa shape index (κ1) is 61.6. The van der Waals surface area contributed by atoms with Crippen LogP contribution in [0.2, 0.25) is 0 Å². The zero-order valence-electron chi connectivity index (χ0n) is 42.5. The quantitative estimate of drug-likeness (QED) is 0.0262. The molecule has 6 nitrogen and oxygen atoms in total. The maximum absolute atomic E-state index is 12.8. The minimum atomic E-state index is -0.809. The molecule has 0 amide bonds.